The minimum absolute atomic E-state index is 0.464. The van der Waals surface area contributed by atoms with Crippen LogP contribution in [0.5, 0.6) is 0 Å². The summed E-state index contributed by atoms with van der Waals surface area (Å²) in [6, 6.07) is 8.48. The van der Waals surface area contributed by atoms with E-state index in [9.17, 15) is 5.11 Å². The summed E-state index contributed by atoms with van der Waals surface area (Å²) >= 11 is 0. The van der Waals surface area contributed by atoms with Crippen molar-refractivity contribution >= 4 is 0 Å². The second kappa shape index (κ2) is 6.56. The van der Waals surface area contributed by atoms with Gasteiger partial charge in [0.05, 0.1) is 5.60 Å². The Morgan fingerprint density at radius 1 is 1.21 bits per heavy atom. The van der Waals surface area contributed by atoms with Crippen LogP contribution in [-0.4, -0.2) is 10.7 Å². The van der Waals surface area contributed by atoms with Crippen LogP contribution in [-0.2, 0) is 6.42 Å². The molecular weight excluding hydrogens is 232 g/mol. The number of hydrogen-bond acceptors (Lipinski definition) is 1. The van der Waals surface area contributed by atoms with Crippen molar-refractivity contribution in [1.29, 1.82) is 0 Å². The molecule has 2 unspecified atom stereocenters. The van der Waals surface area contributed by atoms with E-state index in [0.29, 0.717) is 0 Å². The average molecular weight is 260 g/mol. The molecule has 0 radical (unpaired) electrons. The van der Waals surface area contributed by atoms with Crippen LogP contribution >= 0.6 is 0 Å². The monoisotopic (exact) mass is 260 g/mol. The molecular formula is C18H28O. The van der Waals surface area contributed by atoms with Gasteiger partial charge in [-0.2, -0.15) is 0 Å². The van der Waals surface area contributed by atoms with E-state index in [-0.39, 0.29) is 0 Å². The molecule has 1 heteroatoms. The van der Waals surface area contributed by atoms with E-state index in [1.54, 1.807) is 0 Å². The summed E-state index contributed by atoms with van der Waals surface area (Å²) in [4.78, 5) is 0. The molecule has 0 amide bonds. The molecule has 0 bridgehead atoms. The van der Waals surface area contributed by atoms with Crippen molar-refractivity contribution in [3.05, 3.63) is 35.4 Å². The van der Waals surface area contributed by atoms with E-state index in [1.165, 1.54) is 43.2 Å². The van der Waals surface area contributed by atoms with Gasteiger partial charge in [0.25, 0.3) is 0 Å². The number of benzene rings is 1. The number of rotatable bonds is 4. The fourth-order valence-electron chi connectivity index (χ4n) is 3.50. The summed E-state index contributed by atoms with van der Waals surface area (Å²) in [6.45, 7) is 4.42. The summed E-state index contributed by atoms with van der Waals surface area (Å²) in [5.41, 5.74) is 2.17. The number of aryl methyl sites for hydroxylation is 1. The largest absolute Gasteiger partial charge is 0.390 e. The topological polar surface area (TPSA) is 20.2 Å². The van der Waals surface area contributed by atoms with Crippen molar-refractivity contribution in [2.45, 2.75) is 70.8 Å². The highest BCUT2D eigenvalue weighted by Gasteiger charge is 2.31. The van der Waals surface area contributed by atoms with Crippen LogP contribution in [0.2, 0.25) is 0 Å². The first-order valence-corrected chi connectivity index (χ1v) is 7.90. The minimum atomic E-state index is -0.464. The van der Waals surface area contributed by atoms with Gasteiger partial charge in [-0.25, -0.2) is 0 Å². The second-order valence-electron chi connectivity index (χ2n) is 6.41. The molecule has 1 fully saturated rings. The van der Waals surface area contributed by atoms with Gasteiger partial charge in [-0.15, -0.1) is 0 Å². The van der Waals surface area contributed by atoms with Gasteiger partial charge >= 0.3 is 0 Å². The van der Waals surface area contributed by atoms with Gasteiger partial charge in [0.1, 0.15) is 0 Å². The molecule has 0 spiro atoms. The maximum Gasteiger partial charge on any atom is 0.0688 e. The van der Waals surface area contributed by atoms with Crippen molar-refractivity contribution in [2.24, 2.45) is 5.92 Å². The van der Waals surface area contributed by atoms with Crippen molar-refractivity contribution < 1.29 is 5.11 Å². The minimum Gasteiger partial charge on any atom is -0.390 e. The lowest BCUT2D eigenvalue weighted by Crippen LogP contribution is -2.31. The van der Waals surface area contributed by atoms with E-state index < -0.39 is 5.60 Å². The molecule has 106 valence electrons. The standard InChI is InChI=1S/C18H28O/c1-3-7-16-9-6-12-18(19,13-11-16)14-17-10-5-4-8-15(17)2/h4-5,8,10,16,19H,3,6-7,9,11-14H2,1-2H3. The van der Waals surface area contributed by atoms with E-state index in [0.717, 1.165) is 25.2 Å². The van der Waals surface area contributed by atoms with Gasteiger partial charge in [-0.1, -0.05) is 56.9 Å². The molecule has 2 rings (SSSR count). The third-order valence-corrected chi connectivity index (χ3v) is 4.75. The summed E-state index contributed by atoms with van der Waals surface area (Å²) in [5.74, 6) is 0.843. The van der Waals surface area contributed by atoms with Gasteiger partial charge < -0.3 is 5.11 Å². The van der Waals surface area contributed by atoms with Crippen molar-refractivity contribution in [3.8, 4) is 0 Å². The van der Waals surface area contributed by atoms with Crippen molar-refractivity contribution in [3.63, 3.8) is 0 Å². The van der Waals surface area contributed by atoms with Crippen LogP contribution in [0.25, 0.3) is 0 Å². The van der Waals surface area contributed by atoms with Crippen LogP contribution in [0.4, 0.5) is 0 Å². The molecule has 1 aromatic carbocycles. The smallest absolute Gasteiger partial charge is 0.0688 e. The van der Waals surface area contributed by atoms with Gasteiger partial charge in [-0.3, -0.25) is 0 Å². The molecule has 1 aliphatic carbocycles. The summed E-state index contributed by atoms with van der Waals surface area (Å²) in [6.07, 6.45) is 9.10. The van der Waals surface area contributed by atoms with Crippen LogP contribution in [0, 0.1) is 12.8 Å². The van der Waals surface area contributed by atoms with Crippen LogP contribution in [0.3, 0.4) is 0 Å². The van der Waals surface area contributed by atoms with Gasteiger partial charge in [0, 0.05) is 6.42 Å². The lowest BCUT2D eigenvalue weighted by molar-refractivity contribution is 0.0240. The molecule has 2 atom stereocenters. The Kier molecular flexibility index (Phi) is 5.04. The van der Waals surface area contributed by atoms with Crippen LogP contribution in [0.15, 0.2) is 24.3 Å². The van der Waals surface area contributed by atoms with Gasteiger partial charge in [0.15, 0.2) is 0 Å². The zero-order chi connectivity index (χ0) is 13.7. The van der Waals surface area contributed by atoms with Crippen molar-refractivity contribution in [1.82, 2.24) is 0 Å². The quantitative estimate of drug-likeness (QED) is 0.781. The molecule has 1 nitrogen and oxygen atoms in total. The Balaban J connectivity index is 2.01. The highest BCUT2D eigenvalue weighted by atomic mass is 16.3. The fourth-order valence-corrected chi connectivity index (χ4v) is 3.50. The summed E-state index contributed by atoms with van der Waals surface area (Å²) in [5, 5.41) is 10.9. The number of aliphatic hydroxyl groups is 1. The molecule has 0 saturated heterocycles. The molecule has 0 aromatic heterocycles. The highest BCUT2D eigenvalue weighted by Crippen LogP contribution is 2.35. The van der Waals surface area contributed by atoms with Crippen molar-refractivity contribution in [2.75, 3.05) is 0 Å². The Hall–Kier alpha value is -0.820. The first kappa shape index (κ1) is 14.6. The molecule has 1 N–H and O–H groups in total. The first-order valence-electron chi connectivity index (χ1n) is 7.90. The molecule has 0 aliphatic heterocycles. The predicted octanol–water partition coefficient (Wildman–Crippen LogP) is 4.65. The lowest BCUT2D eigenvalue weighted by Gasteiger charge is -2.27. The lowest BCUT2D eigenvalue weighted by atomic mass is 9.85. The summed E-state index contributed by atoms with van der Waals surface area (Å²) < 4.78 is 0. The number of hydrogen-bond donors (Lipinski definition) is 1. The molecule has 1 aliphatic rings. The van der Waals surface area contributed by atoms with E-state index in [4.69, 9.17) is 0 Å². The average Bonchev–Trinajstić information content (AvgIpc) is 2.56. The molecule has 0 heterocycles. The SMILES string of the molecule is CCCC1CCCC(O)(Cc2ccccc2C)CC1. The second-order valence-corrected chi connectivity index (χ2v) is 6.41. The normalized spacial score (nSPS) is 28.1. The molecule has 19 heavy (non-hydrogen) atoms. The predicted molar refractivity (Wildman–Crippen MR) is 81.3 cm³/mol. The van der Waals surface area contributed by atoms with E-state index in [1.807, 2.05) is 0 Å². The Bertz CT molecular complexity index is 398. The Morgan fingerprint density at radius 2 is 2.00 bits per heavy atom. The molecule has 1 saturated carbocycles. The third kappa shape index (κ3) is 4.07. The van der Waals surface area contributed by atoms with Gasteiger partial charge in [-0.05, 0) is 43.2 Å². The zero-order valence-electron chi connectivity index (χ0n) is 12.5. The molecule has 1 aromatic rings. The third-order valence-electron chi connectivity index (χ3n) is 4.75. The highest BCUT2D eigenvalue weighted by molar-refractivity contribution is 5.27. The Morgan fingerprint density at radius 3 is 2.74 bits per heavy atom. The van der Waals surface area contributed by atoms with Crippen LogP contribution < -0.4 is 0 Å². The zero-order valence-corrected chi connectivity index (χ0v) is 12.5. The summed E-state index contributed by atoms with van der Waals surface area (Å²) in [7, 11) is 0. The first-order chi connectivity index (χ1) is 9.13. The van der Waals surface area contributed by atoms with E-state index >= 15 is 0 Å². The fraction of sp³-hybridized carbons (Fsp3) is 0.667. The Labute approximate surface area is 118 Å². The van der Waals surface area contributed by atoms with Crippen LogP contribution in [0.1, 0.15) is 63.0 Å². The maximum absolute atomic E-state index is 10.9. The maximum atomic E-state index is 10.9. The van der Waals surface area contributed by atoms with Gasteiger partial charge in [0.2, 0.25) is 0 Å². The van der Waals surface area contributed by atoms with E-state index in [2.05, 4.69) is 38.1 Å².